The molecule has 3 rings (SSSR count). The molecule has 0 radical (unpaired) electrons. The molecule has 0 spiro atoms. The molecule has 0 saturated carbocycles. The number of methoxy groups -OCH3 is 1. The highest BCUT2D eigenvalue weighted by Crippen LogP contribution is 2.24. The van der Waals surface area contributed by atoms with E-state index < -0.39 is 0 Å². The van der Waals surface area contributed by atoms with Gasteiger partial charge in [0, 0.05) is 31.7 Å². The van der Waals surface area contributed by atoms with Crippen LogP contribution >= 0.6 is 0 Å². The van der Waals surface area contributed by atoms with Crippen molar-refractivity contribution < 1.29 is 4.74 Å². The lowest BCUT2D eigenvalue weighted by Gasteiger charge is -2.38. The van der Waals surface area contributed by atoms with E-state index in [0.717, 1.165) is 25.4 Å². The molecule has 1 aliphatic heterocycles. The molecule has 1 aliphatic rings. The zero-order valence-electron chi connectivity index (χ0n) is 13.3. The number of benzene rings is 2. The molecular weight excluding hydrogens is 272 g/mol. The number of hydrogen-bond acceptors (Lipinski definition) is 3. The Morgan fingerprint density at radius 2 is 1.91 bits per heavy atom. The van der Waals surface area contributed by atoms with Crippen LogP contribution in [0.4, 0.5) is 0 Å². The predicted molar refractivity (Wildman–Crippen MR) is 90.1 cm³/mol. The monoisotopic (exact) mass is 296 g/mol. The Labute approximate surface area is 132 Å². The van der Waals surface area contributed by atoms with Crippen molar-refractivity contribution in [2.24, 2.45) is 0 Å². The maximum absolute atomic E-state index is 5.35. The molecule has 2 atom stereocenters. The van der Waals surface area contributed by atoms with Gasteiger partial charge in [-0.15, -0.1) is 0 Å². The average molecular weight is 296 g/mol. The minimum absolute atomic E-state index is 0.350. The van der Waals surface area contributed by atoms with Crippen molar-refractivity contribution in [1.29, 1.82) is 0 Å². The number of hydrogen-bond donors (Lipinski definition) is 1. The third kappa shape index (κ3) is 3.67. The van der Waals surface area contributed by atoms with Crippen molar-refractivity contribution in [1.82, 2.24) is 10.2 Å². The quantitative estimate of drug-likeness (QED) is 0.937. The highest BCUT2D eigenvalue weighted by Gasteiger charge is 2.25. The van der Waals surface area contributed by atoms with Crippen molar-refractivity contribution >= 4 is 0 Å². The fraction of sp³-hybridized carbons (Fsp3) is 0.368. The summed E-state index contributed by atoms with van der Waals surface area (Å²) in [6.07, 6.45) is 0. The van der Waals surface area contributed by atoms with Crippen LogP contribution in [0.5, 0.6) is 5.75 Å². The third-order valence-electron chi connectivity index (χ3n) is 4.20. The van der Waals surface area contributed by atoms with E-state index in [2.05, 4.69) is 65.7 Å². The molecule has 1 fully saturated rings. The first kappa shape index (κ1) is 15.1. The maximum Gasteiger partial charge on any atom is 0.119 e. The van der Waals surface area contributed by atoms with Gasteiger partial charge in [-0.25, -0.2) is 0 Å². The van der Waals surface area contributed by atoms with Crippen LogP contribution in [0.1, 0.15) is 24.1 Å². The Kier molecular flexibility index (Phi) is 4.76. The minimum atomic E-state index is 0.350. The Hall–Kier alpha value is -1.84. The van der Waals surface area contributed by atoms with Gasteiger partial charge in [-0.2, -0.15) is 0 Å². The Balaban J connectivity index is 1.72. The van der Waals surface area contributed by atoms with Crippen LogP contribution in [0.3, 0.4) is 0 Å². The van der Waals surface area contributed by atoms with Crippen molar-refractivity contribution in [2.45, 2.75) is 25.6 Å². The molecule has 1 saturated heterocycles. The molecule has 2 aromatic rings. The van der Waals surface area contributed by atoms with E-state index in [0.29, 0.717) is 12.1 Å². The summed E-state index contributed by atoms with van der Waals surface area (Å²) in [5.74, 6) is 0.923. The highest BCUT2D eigenvalue weighted by molar-refractivity contribution is 5.31. The van der Waals surface area contributed by atoms with Gasteiger partial charge in [-0.1, -0.05) is 42.5 Å². The van der Waals surface area contributed by atoms with Crippen LogP contribution in [0, 0.1) is 0 Å². The van der Waals surface area contributed by atoms with Crippen LogP contribution < -0.4 is 10.1 Å². The molecule has 2 aromatic carbocycles. The number of nitrogens with one attached hydrogen (secondary N) is 1. The van der Waals surface area contributed by atoms with Crippen LogP contribution in [0.2, 0.25) is 0 Å². The summed E-state index contributed by atoms with van der Waals surface area (Å²) in [6, 6.07) is 19.9. The Morgan fingerprint density at radius 1 is 1.09 bits per heavy atom. The Morgan fingerprint density at radius 3 is 2.68 bits per heavy atom. The fourth-order valence-electron chi connectivity index (χ4n) is 3.20. The van der Waals surface area contributed by atoms with Crippen LogP contribution in [-0.4, -0.2) is 31.1 Å². The zero-order chi connectivity index (χ0) is 15.4. The van der Waals surface area contributed by atoms with Gasteiger partial charge in [-0.3, -0.25) is 4.90 Å². The largest absolute Gasteiger partial charge is 0.497 e. The smallest absolute Gasteiger partial charge is 0.119 e. The lowest BCUT2D eigenvalue weighted by atomic mass is 10.0. The average Bonchev–Trinajstić information content (AvgIpc) is 2.55. The normalized spacial score (nSPS) is 22.5. The van der Waals surface area contributed by atoms with Crippen molar-refractivity contribution in [2.75, 3.05) is 20.2 Å². The topological polar surface area (TPSA) is 24.5 Å². The van der Waals surface area contributed by atoms with E-state index >= 15 is 0 Å². The van der Waals surface area contributed by atoms with Crippen molar-refractivity contribution in [3.05, 3.63) is 65.7 Å². The van der Waals surface area contributed by atoms with Gasteiger partial charge < -0.3 is 10.1 Å². The lowest BCUT2D eigenvalue weighted by Crippen LogP contribution is -2.50. The van der Waals surface area contributed by atoms with Crippen LogP contribution in [0.15, 0.2) is 54.6 Å². The summed E-state index contributed by atoms with van der Waals surface area (Å²) in [7, 11) is 1.72. The molecule has 0 amide bonds. The zero-order valence-corrected chi connectivity index (χ0v) is 13.3. The van der Waals surface area contributed by atoms with Crippen LogP contribution in [-0.2, 0) is 6.54 Å². The summed E-state index contributed by atoms with van der Waals surface area (Å²) in [5, 5.41) is 3.70. The van der Waals surface area contributed by atoms with E-state index in [1.807, 2.05) is 6.07 Å². The number of piperazine rings is 1. The molecule has 1 N–H and O–H groups in total. The van der Waals surface area contributed by atoms with Crippen molar-refractivity contribution in [3.63, 3.8) is 0 Å². The minimum Gasteiger partial charge on any atom is -0.497 e. The Bertz CT molecular complexity index is 599. The van der Waals surface area contributed by atoms with E-state index in [-0.39, 0.29) is 0 Å². The summed E-state index contributed by atoms with van der Waals surface area (Å²) in [6.45, 7) is 5.36. The molecule has 22 heavy (non-hydrogen) atoms. The molecule has 116 valence electrons. The predicted octanol–water partition coefficient (Wildman–Crippen LogP) is 3.23. The van der Waals surface area contributed by atoms with Gasteiger partial charge in [0.2, 0.25) is 0 Å². The molecule has 3 heteroatoms. The first-order valence-electron chi connectivity index (χ1n) is 7.91. The molecule has 0 aromatic heterocycles. The lowest BCUT2D eigenvalue weighted by molar-refractivity contribution is 0.160. The van der Waals surface area contributed by atoms with Gasteiger partial charge in [0.15, 0.2) is 0 Å². The molecule has 0 bridgehead atoms. The van der Waals surface area contributed by atoms with Crippen molar-refractivity contribution in [3.8, 4) is 5.75 Å². The molecule has 1 heterocycles. The third-order valence-corrected chi connectivity index (χ3v) is 4.20. The van der Waals surface area contributed by atoms with Gasteiger partial charge in [0.05, 0.1) is 7.11 Å². The van der Waals surface area contributed by atoms with Gasteiger partial charge in [0.25, 0.3) is 0 Å². The highest BCUT2D eigenvalue weighted by atomic mass is 16.5. The molecule has 2 unspecified atom stereocenters. The number of nitrogens with zero attached hydrogens (tertiary/aromatic N) is 1. The second kappa shape index (κ2) is 6.95. The summed E-state index contributed by atoms with van der Waals surface area (Å²) < 4.78 is 5.35. The van der Waals surface area contributed by atoms with Gasteiger partial charge >= 0.3 is 0 Å². The first-order valence-corrected chi connectivity index (χ1v) is 7.91. The molecule has 0 aliphatic carbocycles. The maximum atomic E-state index is 5.35. The van der Waals surface area contributed by atoms with Gasteiger partial charge in [-0.05, 0) is 30.2 Å². The summed E-state index contributed by atoms with van der Waals surface area (Å²) in [5.41, 5.74) is 2.67. The first-order chi connectivity index (χ1) is 10.7. The van der Waals surface area contributed by atoms with E-state index in [4.69, 9.17) is 4.74 Å². The van der Waals surface area contributed by atoms with E-state index in [9.17, 15) is 0 Å². The molecular formula is C19H24N2O. The second-order valence-corrected chi connectivity index (χ2v) is 6.08. The number of ether oxygens (including phenoxy) is 1. The standard InChI is InChI=1S/C19H24N2O/c1-15-12-21(13-16-7-4-3-5-8-16)14-19(20-15)17-9-6-10-18(11-17)22-2/h3-11,15,19-20H,12-14H2,1-2H3. The molecule has 3 nitrogen and oxygen atoms in total. The number of rotatable bonds is 4. The van der Waals surface area contributed by atoms with E-state index in [1.54, 1.807) is 7.11 Å². The van der Waals surface area contributed by atoms with Gasteiger partial charge in [0.1, 0.15) is 5.75 Å². The van der Waals surface area contributed by atoms with Crippen LogP contribution in [0.25, 0.3) is 0 Å². The summed E-state index contributed by atoms with van der Waals surface area (Å²) >= 11 is 0. The van der Waals surface area contributed by atoms with E-state index in [1.165, 1.54) is 11.1 Å². The second-order valence-electron chi connectivity index (χ2n) is 6.08. The SMILES string of the molecule is COc1cccc(C2CN(Cc3ccccc3)CC(C)N2)c1. The summed E-state index contributed by atoms with van der Waals surface area (Å²) in [4.78, 5) is 2.53. The fourth-order valence-corrected chi connectivity index (χ4v) is 3.20.